The number of ether oxygens (including phenoxy) is 3. The van der Waals surface area contributed by atoms with Crippen LogP contribution in [-0.4, -0.2) is 37.2 Å². The number of hydrogen-bond donors (Lipinski definition) is 0. The van der Waals surface area contributed by atoms with E-state index in [1.54, 1.807) is 0 Å². The minimum Gasteiger partial charge on any atom is -0.462 e. The van der Waals surface area contributed by atoms with Crippen molar-refractivity contribution in [1.29, 1.82) is 0 Å². The molecule has 0 fully saturated rings. The summed E-state index contributed by atoms with van der Waals surface area (Å²) in [5, 5.41) is 0. The molecule has 0 rings (SSSR count). The highest BCUT2D eigenvalue weighted by Gasteiger charge is 2.19. The number of allylic oxidation sites excluding steroid dienone is 18. The van der Waals surface area contributed by atoms with E-state index in [-0.39, 0.29) is 31.1 Å². The van der Waals surface area contributed by atoms with Gasteiger partial charge in [-0.05, 0) is 122 Å². The first-order valence-corrected chi connectivity index (χ1v) is 31.4. The van der Waals surface area contributed by atoms with Gasteiger partial charge in [-0.15, -0.1) is 0 Å². The molecule has 428 valence electrons. The Kier molecular flexibility index (Phi) is 59.3. The molecule has 6 heteroatoms. The molecule has 6 nitrogen and oxygen atoms in total. The van der Waals surface area contributed by atoms with Crippen molar-refractivity contribution in [3.8, 4) is 0 Å². The first-order chi connectivity index (χ1) is 37.0. The number of rotatable bonds is 56. The maximum Gasteiger partial charge on any atom is 0.306 e. The first-order valence-electron chi connectivity index (χ1n) is 31.4. The fourth-order valence-electron chi connectivity index (χ4n) is 8.54. The molecule has 0 aliphatic heterocycles. The fraction of sp³-hybridized carbons (Fsp3) is 0.696. The average Bonchev–Trinajstić information content (AvgIpc) is 3.41. The summed E-state index contributed by atoms with van der Waals surface area (Å²) in [6, 6.07) is 0. The van der Waals surface area contributed by atoms with Crippen LogP contribution < -0.4 is 0 Å². The Morgan fingerprint density at radius 2 is 0.547 bits per heavy atom. The number of hydrogen-bond acceptors (Lipinski definition) is 6. The van der Waals surface area contributed by atoms with E-state index in [0.717, 1.165) is 141 Å². The zero-order valence-corrected chi connectivity index (χ0v) is 49.0. The van der Waals surface area contributed by atoms with Crippen molar-refractivity contribution in [1.82, 2.24) is 0 Å². The summed E-state index contributed by atoms with van der Waals surface area (Å²) in [6.07, 6.45) is 85.1. The summed E-state index contributed by atoms with van der Waals surface area (Å²) in [7, 11) is 0. The average molecular weight is 1040 g/mol. The second-order valence-electron chi connectivity index (χ2n) is 20.6. The molecule has 0 aliphatic carbocycles. The topological polar surface area (TPSA) is 78.9 Å². The Morgan fingerprint density at radius 3 is 0.867 bits per heavy atom. The minimum absolute atomic E-state index is 0.0911. The third-order valence-corrected chi connectivity index (χ3v) is 13.2. The number of unbranched alkanes of at least 4 members (excludes halogenated alkanes) is 27. The van der Waals surface area contributed by atoms with Gasteiger partial charge in [0.05, 0.1) is 0 Å². The smallest absolute Gasteiger partial charge is 0.306 e. The van der Waals surface area contributed by atoms with Crippen LogP contribution in [0.15, 0.2) is 109 Å². The standard InChI is InChI=1S/C69H116O6/c1-4-7-10-13-16-19-22-25-27-29-31-33-34-36-37-39-41-44-47-50-53-56-59-62-68(71)74-65-66(64-73-67(70)61-58-55-52-49-46-43-24-21-18-15-12-9-6-3)75-69(72)63-60-57-54-51-48-45-42-40-38-35-32-30-28-26-23-20-17-14-11-8-5-2/h7,10,12,15-16,19,21,23-27,30-33,38,40,66H,4-6,8-9,11,13-14,17-18,20,22,28-29,34-37,39,41-65H2,1-3H3/b10-7-,15-12-,19-16-,24-21-,26-23-,27-25-,32-30-,33-31-,40-38-. The van der Waals surface area contributed by atoms with E-state index in [2.05, 4.69) is 130 Å². The number of carbonyl (C=O) groups is 3. The predicted molar refractivity (Wildman–Crippen MR) is 325 cm³/mol. The van der Waals surface area contributed by atoms with E-state index in [0.29, 0.717) is 19.3 Å². The Hall–Kier alpha value is -3.93. The molecule has 0 aliphatic rings. The molecule has 0 saturated heterocycles. The maximum atomic E-state index is 12.9. The molecule has 0 aromatic rings. The van der Waals surface area contributed by atoms with E-state index in [1.165, 1.54) is 109 Å². The van der Waals surface area contributed by atoms with Crippen molar-refractivity contribution in [2.75, 3.05) is 13.2 Å². The van der Waals surface area contributed by atoms with E-state index in [1.807, 2.05) is 0 Å². The number of esters is 3. The van der Waals surface area contributed by atoms with Gasteiger partial charge in [-0.25, -0.2) is 0 Å². The van der Waals surface area contributed by atoms with Crippen molar-refractivity contribution in [2.45, 2.75) is 297 Å². The van der Waals surface area contributed by atoms with Gasteiger partial charge in [0.1, 0.15) is 13.2 Å². The van der Waals surface area contributed by atoms with Gasteiger partial charge in [0.25, 0.3) is 0 Å². The van der Waals surface area contributed by atoms with Gasteiger partial charge in [-0.1, -0.05) is 259 Å². The van der Waals surface area contributed by atoms with E-state index in [9.17, 15) is 14.4 Å². The first kappa shape index (κ1) is 71.1. The second-order valence-corrected chi connectivity index (χ2v) is 20.6. The molecule has 75 heavy (non-hydrogen) atoms. The van der Waals surface area contributed by atoms with E-state index >= 15 is 0 Å². The Bertz CT molecular complexity index is 1520. The van der Waals surface area contributed by atoms with Crippen molar-refractivity contribution >= 4 is 17.9 Å². The molecule has 0 aromatic heterocycles. The summed E-state index contributed by atoms with van der Waals surface area (Å²) in [5.41, 5.74) is 0. The van der Waals surface area contributed by atoms with Crippen LogP contribution in [0.25, 0.3) is 0 Å². The summed E-state index contributed by atoms with van der Waals surface area (Å²) < 4.78 is 16.9. The summed E-state index contributed by atoms with van der Waals surface area (Å²) in [6.45, 7) is 6.44. The Labute approximate surface area is 463 Å². The van der Waals surface area contributed by atoms with Gasteiger partial charge >= 0.3 is 17.9 Å². The molecule has 0 amide bonds. The zero-order valence-electron chi connectivity index (χ0n) is 49.0. The lowest BCUT2D eigenvalue weighted by atomic mass is 10.1. The molecule has 0 aromatic carbocycles. The van der Waals surface area contributed by atoms with Crippen LogP contribution in [0.1, 0.15) is 290 Å². The molecule has 0 heterocycles. The van der Waals surface area contributed by atoms with Gasteiger partial charge in [-0.3, -0.25) is 14.4 Å². The van der Waals surface area contributed by atoms with E-state index < -0.39 is 6.10 Å². The molecule has 1 atom stereocenters. The lowest BCUT2D eigenvalue weighted by Crippen LogP contribution is -2.30. The lowest BCUT2D eigenvalue weighted by molar-refractivity contribution is -0.167. The van der Waals surface area contributed by atoms with Crippen LogP contribution >= 0.6 is 0 Å². The zero-order chi connectivity index (χ0) is 54.3. The summed E-state index contributed by atoms with van der Waals surface area (Å²) >= 11 is 0. The molecular weight excluding hydrogens is 925 g/mol. The maximum absolute atomic E-state index is 12.9. The molecule has 0 N–H and O–H groups in total. The lowest BCUT2D eigenvalue weighted by Gasteiger charge is -2.18. The van der Waals surface area contributed by atoms with Crippen molar-refractivity contribution < 1.29 is 28.6 Å². The highest BCUT2D eigenvalue weighted by atomic mass is 16.6. The molecule has 0 saturated carbocycles. The molecular formula is C69H116O6. The van der Waals surface area contributed by atoms with Crippen molar-refractivity contribution in [3.63, 3.8) is 0 Å². The molecule has 1 unspecified atom stereocenters. The molecule has 0 radical (unpaired) electrons. The third-order valence-electron chi connectivity index (χ3n) is 13.2. The van der Waals surface area contributed by atoms with Gasteiger partial charge < -0.3 is 14.2 Å². The third kappa shape index (κ3) is 60.8. The molecule has 0 bridgehead atoms. The Morgan fingerprint density at radius 1 is 0.280 bits per heavy atom. The number of carbonyl (C=O) groups excluding carboxylic acids is 3. The SMILES string of the molecule is CC/C=C\C/C=C\C/C=C\C/C=C\CCCCCCCCCCCCC(=O)OCC(COC(=O)CCCCCCC/C=C\C/C=C\CCC)OC(=O)CCCCCCCC/C=C\C/C=C\C/C=C\CCCCCCC. The van der Waals surface area contributed by atoms with Crippen LogP contribution in [0.2, 0.25) is 0 Å². The van der Waals surface area contributed by atoms with Crippen molar-refractivity contribution in [2.24, 2.45) is 0 Å². The van der Waals surface area contributed by atoms with E-state index in [4.69, 9.17) is 14.2 Å². The van der Waals surface area contributed by atoms with Crippen LogP contribution in [0.5, 0.6) is 0 Å². The van der Waals surface area contributed by atoms with Gasteiger partial charge in [-0.2, -0.15) is 0 Å². The highest BCUT2D eigenvalue weighted by molar-refractivity contribution is 5.71. The second kappa shape index (κ2) is 62.6. The monoisotopic (exact) mass is 1040 g/mol. The van der Waals surface area contributed by atoms with Gasteiger partial charge in [0, 0.05) is 19.3 Å². The highest BCUT2D eigenvalue weighted by Crippen LogP contribution is 2.15. The quantitative estimate of drug-likeness (QED) is 0.0261. The molecule has 0 spiro atoms. The summed E-state index contributed by atoms with van der Waals surface area (Å²) in [4.78, 5) is 38.3. The van der Waals surface area contributed by atoms with Crippen LogP contribution in [0.3, 0.4) is 0 Å². The fourth-order valence-corrected chi connectivity index (χ4v) is 8.54. The van der Waals surface area contributed by atoms with Crippen LogP contribution in [0.4, 0.5) is 0 Å². The normalized spacial score (nSPS) is 12.8. The minimum atomic E-state index is -0.796. The largest absolute Gasteiger partial charge is 0.462 e. The predicted octanol–water partition coefficient (Wildman–Crippen LogP) is 21.4. The van der Waals surface area contributed by atoms with Crippen LogP contribution in [0, 0.1) is 0 Å². The van der Waals surface area contributed by atoms with Gasteiger partial charge in [0.2, 0.25) is 0 Å². The van der Waals surface area contributed by atoms with Gasteiger partial charge in [0.15, 0.2) is 6.10 Å². The van der Waals surface area contributed by atoms with Crippen molar-refractivity contribution in [3.05, 3.63) is 109 Å². The van der Waals surface area contributed by atoms with Crippen LogP contribution in [-0.2, 0) is 28.6 Å². The Balaban J connectivity index is 4.38. The summed E-state index contributed by atoms with van der Waals surface area (Å²) in [5.74, 6) is -0.917.